The summed E-state index contributed by atoms with van der Waals surface area (Å²) in [5, 5.41) is 6.63. The summed E-state index contributed by atoms with van der Waals surface area (Å²) in [4.78, 5) is 19.2. The van der Waals surface area contributed by atoms with Crippen molar-refractivity contribution in [1.29, 1.82) is 0 Å². The summed E-state index contributed by atoms with van der Waals surface area (Å²) >= 11 is 0. The Bertz CT molecular complexity index is 746. The lowest BCUT2D eigenvalue weighted by molar-refractivity contribution is -0.274. The van der Waals surface area contributed by atoms with Crippen LogP contribution in [0.4, 0.5) is 13.2 Å². The van der Waals surface area contributed by atoms with Gasteiger partial charge in [-0.15, -0.1) is 13.2 Å². The molecule has 1 saturated carbocycles. The van der Waals surface area contributed by atoms with Crippen LogP contribution < -0.4 is 15.4 Å². The summed E-state index contributed by atoms with van der Waals surface area (Å²) in [5.74, 6) is 0.961. The van der Waals surface area contributed by atoms with Crippen LogP contribution in [0.2, 0.25) is 0 Å². The van der Waals surface area contributed by atoms with Gasteiger partial charge in [0, 0.05) is 38.1 Å². The van der Waals surface area contributed by atoms with Gasteiger partial charge in [-0.25, -0.2) is 0 Å². The minimum Gasteiger partial charge on any atom is -0.406 e. The van der Waals surface area contributed by atoms with Gasteiger partial charge in [0.2, 0.25) is 5.91 Å². The molecule has 1 amide bonds. The quantitative estimate of drug-likeness (QED) is 0.503. The van der Waals surface area contributed by atoms with Crippen molar-refractivity contribution in [2.45, 2.75) is 57.9 Å². The third-order valence-electron chi connectivity index (χ3n) is 5.72. The van der Waals surface area contributed by atoms with E-state index < -0.39 is 6.36 Å². The van der Waals surface area contributed by atoms with E-state index in [-0.39, 0.29) is 17.7 Å². The zero-order valence-electron chi connectivity index (χ0n) is 17.9. The van der Waals surface area contributed by atoms with Gasteiger partial charge in [-0.05, 0) is 50.3 Å². The van der Waals surface area contributed by atoms with Crippen molar-refractivity contribution in [3.8, 4) is 5.75 Å². The molecule has 172 valence electrons. The molecule has 0 spiro atoms. The first-order chi connectivity index (χ1) is 14.8. The number of hydrogen-bond acceptors (Lipinski definition) is 3. The Morgan fingerprint density at radius 3 is 2.55 bits per heavy atom. The van der Waals surface area contributed by atoms with Crippen molar-refractivity contribution in [1.82, 2.24) is 15.5 Å². The molecule has 1 atom stereocenters. The van der Waals surface area contributed by atoms with Crippen LogP contribution >= 0.6 is 0 Å². The minimum atomic E-state index is -4.68. The average Bonchev–Trinajstić information content (AvgIpc) is 3.40. The monoisotopic (exact) mass is 440 g/mol. The average molecular weight is 441 g/mol. The number of hydrogen-bond donors (Lipinski definition) is 2. The van der Waals surface area contributed by atoms with Gasteiger partial charge in [-0.3, -0.25) is 9.79 Å². The van der Waals surface area contributed by atoms with E-state index in [2.05, 4.69) is 20.4 Å². The molecule has 6 nitrogen and oxygen atoms in total. The molecule has 1 aliphatic heterocycles. The number of carbonyl (C=O) groups is 1. The fourth-order valence-electron chi connectivity index (χ4n) is 4.18. The van der Waals surface area contributed by atoms with Gasteiger partial charge < -0.3 is 20.3 Å². The molecular formula is C22H31F3N4O2. The maximum Gasteiger partial charge on any atom is 0.573 e. The lowest BCUT2D eigenvalue weighted by Crippen LogP contribution is -2.45. The number of carbonyl (C=O) groups excluding carboxylic acids is 1. The molecule has 0 radical (unpaired) electrons. The fraction of sp³-hybridized carbons (Fsp3) is 0.636. The molecular weight excluding hydrogens is 409 g/mol. The fourth-order valence-corrected chi connectivity index (χ4v) is 4.18. The maximum atomic E-state index is 12.6. The van der Waals surface area contributed by atoms with Crippen molar-refractivity contribution in [3.63, 3.8) is 0 Å². The molecule has 2 N–H and O–H groups in total. The lowest BCUT2D eigenvalue weighted by atomic mass is 10.1. The Morgan fingerprint density at radius 2 is 1.90 bits per heavy atom. The van der Waals surface area contributed by atoms with E-state index in [1.165, 1.54) is 12.1 Å². The number of aliphatic imine (C=N–C) groups is 1. The number of halogens is 3. The van der Waals surface area contributed by atoms with Crippen molar-refractivity contribution >= 4 is 11.9 Å². The SMILES string of the molecule is CCNC(=NCCc1ccc(OC(F)(F)F)cc1)NC1CCN(C(=O)C2CCCC2)C1. The number of rotatable bonds is 7. The van der Waals surface area contributed by atoms with Crippen LogP contribution in [-0.2, 0) is 11.2 Å². The number of nitrogens with one attached hydrogen (secondary N) is 2. The van der Waals surface area contributed by atoms with E-state index in [1.807, 2.05) is 11.8 Å². The summed E-state index contributed by atoms with van der Waals surface area (Å²) in [7, 11) is 0. The number of nitrogens with zero attached hydrogens (tertiary/aromatic N) is 2. The van der Waals surface area contributed by atoms with E-state index >= 15 is 0 Å². The number of likely N-dealkylation sites (tertiary alicyclic amines) is 1. The van der Waals surface area contributed by atoms with Gasteiger partial charge in [0.1, 0.15) is 5.75 Å². The van der Waals surface area contributed by atoms with Crippen LogP contribution in [0.5, 0.6) is 5.75 Å². The van der Waals surface area contributed by atoms with E-state index in [1.54, 1.807) is 12.1 Å². The van der Waals surface area contributed by atoms with E-state index in [4.69, 9.17) is 0 Å². The van der Waals surface area contributed by atoms with Crippen LogP contribution in [0, 0.1) is 5.92 Å². The smallest absolute Gasteiger partial charge is 0.406 e. The summed E-state index contributed by atoms with van der Waals surface area (Å²) in [6, 6.07) is 6.01. The van der Waals surface area contributed by atoms with Crippen molar-refractivity contribution in [2.75, 3.05) is 26.2 Å². The number of guanidine groups is 1. The highest BCUT2D eigenvalue weighted by Gasteiger charge is 2.32. The Hall–Kier alpha value is -2.45. The summed E-state index contributed by atoms with van der Waals surface area (Å²) < 4.78 is 40.6. The second-order valence-electron chi connectivity index (χ2n) is 8.10. The second-order valence-corrected chi connectivity index (χ2v) is 8.10. The molecule has 2 fully saturated rings. The van der Waals surface area contributed by atoms with Gasteiger partial charge in [-0.1, -0.05) is 25.0 Å². The molecule has 0 aromatic heterocycles. The molecule has 3 rings (SSSR count). The number of benzene rings is 1. The molecule has 1 aromatic rings. The van der Waals surface area contributed by atoms with Gasteiger partial charge >= 0.3 is 6.36 Å². The van der Waals surface area contributed by atoms with Crippen LogP contribution in [0.25, 0.3) is 0 Å². The normalized spacial score (nSPS) is 20.2. The first-order valence-corrected chi connectivity index (χ1v) is 11.0. The highest BCUT2D eigenvalue weighted by molar-refractivity contribution is 5.81. The number of amides is 1. The highest BCUT2D eigenvalue weighted by Crippen LogP contribution is 2.28. The molecule has 0 bridgehead atoms. The Kier molecular flexibility index (Phi) is 8.03. The summed E-state index contributed by atoms with van der Waals surface area (Å²) in [6.07, 6.45) is 1.14. The van der Waals surface area contributed by atoms with E-state index in [9.17, 15) is 18.0 Å². The minimum absolute atomic E-state index is 0.168. The van der Waals surface area contributed by atoms with Crippen LogP contribution in [-0.4, -0.2) is 55.3 Å². The van der Waals surface area contributed by atoms with Crippen molar-refractivity contribution in [2.24, 2.45) is 10.9 Å². The molecule has 1 heterocycles. The standard InChI is InChI=1S/C22H31F3N4O2/c1-2-26-21(27-13-11-16-7-9-19(10-8-16)31-22(23,24)25)28-18-12-14-29(15-18)20(30)17-5-3-4-6-17/h7-10,17-18H,2-6,11-15H2,1H3,(H2,26,27,28). The van der Waals surface area contributed by atoms with E-state index in [0.29, 0.717) is 37.9 Å². The Labute approximate surface area is 181 Å². The zero-order valence-corrected chi connectivity index (χ0v) is 17.9. The topological polar surface area (TPSA) is 66.0 Å². The predicted molar refractivity (Wildman–Crippen MR) is 113 cm³/mol. The van der Waals surface area contributed by atoms with Crippen LogP contribution in [0.15, 0.2) is 29.3 Å². The van der Waals surface area contributed by atoms with Gasteiger partial charge in [0.15, 0.2) is 5.96 Å². The van der Waals surface area contributed by atoms with Crippen molar-refractivity contribution < 1.29 is 22.7 Å². The largest absolute Gasteiger partial charge is 0.573 e. The molecule has 31 heavy (non-hydrogen) atoms. The number of alkyl halides is 3. The number of ether oxygens (including phenoxy) is 1. The lowest BCUT2D eigenvalue weighted by Gasteiger charge is -2.21. The highest BCUT2D eigenvalue weighted by atomic mass is 19.4. The Morgan fingerprint density at radius 1 is 1.19 bits per heavy atom. The molecule has 2 aliphatic rings. The van der Waals surface area contributed by atoms with Crippen molar-refractivity contribution in [3.05, 3.63) is 29.8 Å². The molecule has 1 unspecified atom stereocenters. The zero-order chi connectivity index (χ0) is 22.3. The van der Waals surface area contributed by atoms with Gasteiger partial charge in [0.05, 0.1) is 0 Å². The van der Waals surface area contributed by atoms with Crippen LogP contribution in [0.3, 0.4) is 0 Å². The predicted octanol–water partition coefficient (Wildman–Crippen LogP) is 3.47. The second kappa shape index (κ2) is 10.7. The van der Waals surface area contributed by atoms with E-state index in [0.717, 1.165) is 44.2 Å². The third-order valence-corrected chi connectivity index (χ3v) is 5.72. The first-order valence-electron chi connectivity index (χ1n) is 11.0. The first kappa shape index (κ1) is 23.2. The summed E-state index contributed by atoms with van der Waals surface area (Å²) in [5.41, 5.74) is 0.878. The molecule has 1 saturated heterocycles. The summed E-state index contributed by atoms with van der Waals surface area (Å²) in [6.45, 7) is 4.67. The Balaban J connectivity index is 1.47. The van der Waals surface area contributed by atoms with Gasteiger partial charge in [0.25, 0.3) is 0 Å². The third kappa shape index (κ3) is 7.33. The maximum absolute atomic E-state index is 12.6. The molecule has 9 heteroatoms. The molecule has 1 aromatic carbocycles. The van der Waals surface area contributed by atoms with Crippen LogP contribution in [0.1, 0.15) is 44.6 Å². The van der Waals surface area contributed by atoms with Gasteiger partial charge in [-0.2, -0.15) is 0 Å². The molecule has 1 aliphatic carbocycles.